The first-order valence-corrected chi connectivity index (χ1v) is 4.24. The third kappa shape index (κ3) is 2.26. The van der Waals surface area contributed by atoms with Gasteiger partial charge < -0.3 is 5.11 Å². The predicted molar refractivity (Wildman–Crippen MR) is 46.9 cm³/mol. The van der Waals surface area contributed by atoms with E-state index in [1.807, 2.05) is 0 Å². The second kappa shape index (κ2) is 4.46. The molecule has 14 heavy (non-hydrogen) atoms. The quantitative estimate of drug-likeness (QED) is 0.802. The van der Waals surface area contributed by atoms with Gasteiger partial charge in [0.25, 0.3) is 6.43 Å². The van der Waals surface area contributed by atoms with Crippen molar-refractivity contribution in [2.24, 2.45) is 0 Å². The molecule has 1 aromatic rings. The smallest absolute Gasteiger partial charge is 0.266 e. The number of halogens is 3. The molecule has 4 heteroatoms. The summed E-state index contributed by atoms with van der Waals surface area (Å²) in [6.45, 7) is 1.32. The van der Waals surface area contributed by atoms with Gasteiger partial charge in [0.15, 0.2) is 0 Å². The lowest BCUT2D eigenvalue weighted by Crippen LogP contribution is -1.99. The molecule has 0 spiro atoms. The largest absolute Gasteiger partial charge is 0.396 e. The second-order valence-corrected chi connectivity index (χ2v) is 3.08. The minimum atomic E-state index is -2.79. The van der Waals surface area contributed by atoms with E-state index in [0.717, 1.165) is 6.07 Å². The van der Waals surface area contributed by atoms with Crippen LogP contribution in [0, 0.1) is 12.7 Å². The standard InChI is InChI=1S/C10H11F3O/c1-6-4-7(2-3-14)5-8(11)9(6)10(12)13/h4-5,10,14H,2-3H2,1H3. The van der Waals surface area contributed by atoms with Gasteiger partial charge >= 0.3 is 0 Å². The van der Waals surface area contributed by atoms with E-state index < -0.39 is 17.8 Å². The molecule has 78 valence electrons. The van der Waals surface area contributed by atoms with Crippen LogP contribution in [0.25, 0.3) is 0 Å². The van der Waals surface area contributed by atoms with Gasteiger partial charge in [0.05, 0.1) is 5.56 Å². The summed E-state index contributed by atoms with van der Waals surface area (Å²) in [5.74, 6) is -0.900. The zero-order chi connectivity index (χ0) is 10.7. The molecule has 0 fully saturated rings. The molecule has 1 aromatic carbocycles. The van der Waals surface area contributed by atoms with E-state index in [1.54, 1.807) is 0 Å². The maximum absolute atomic E-state index is 13.1. The van der Waals surface area contributed by atoms with Crippen LogP contribution in [-0.2, 0) is 6.42 Å². The molecule has 0 aromatic heterocycles. The van der Waals surface area contributed by atoms with Crippen molar-refractivity contribution in [3.05, 3.63) is 34.6 Å². The van der Waals surface area contributed by atoms with Gasteiger partial charge in [0.1, 0.15) is 5.82 Å². The molecule has 0 radical (unpaired) electrons. The minimum Gasteiger partial charge on any atom is -0.396 e. The molecule has 1 rings (SSSR count). The molecule has 0 heterocycles. The fourth-order valence-corrected chi connectivity index (χ4v) is 1.38. The summed E-state index contributed by atoms with van der Waals surface area (Å²) < 4.78 is 37.8. The highest BCUT2D eigenvalue weighted by atomic mass is 19.3. The van der Waals surface area contributed by atoms with Crippen LogP contribution in [0.3, 0.4) is 0 Å². The van der Waals surface area contributed by atoms with Gasteiger partial charge in [-0.15, -0.1) is 0 Å². The Morgan fingerprint density at radius 1 is 1.36 bits per heavy atom. The van der Waals surface area contributed by atoms with Gasteiger partial charge in [-0.25, -0.2) is 13.2 Å². The molecule has 0 saturated heterocycles. The summed E-state index contributed by atoms with van der Waals surface area (Å²) in [4.78, 5) is 0. The first-order valence-electron chi connectivity index (χ1n) is 4.24. The van der Waals surface area contributed by atoms with E-state index in [4.69, 9.17) is 5.11 Å². The maximum Gasteiger partial charge on any atom is 0.266 e. The lowest BCUT2D eigenvalue weighted by Gasteiger charge is -2.08. The molecule has 0 aliphatic heterocycles. The highest BCUT2D eigenvalue weighted by molar-refractivity contribution is 5.33. The first-order chi connectivity index (χ1) is 6.56. The van der Waals surface area contributed by atoms with Crippen molar-refractivity contribution in [1.82, 2.24) is 0 Å². The Morgan fingerprint density at radius 3 is 2.43 bits per heavy atom. The molecular weight excluding hydrogens is 193 g/mol. The number of aliphatic hydroxyl groups excluding tert-OH is 1. The SMILES string of the molecule is Cc1cc(CCO)cc(F)c1C(F)F. The van der Waals surface area contributed by atoms with Crippen LogP contribution in [0.1, 0.15) is 23.1 Å². The summed E-state index contributed by atoms with van der Waals surface area (Å²) in [6, 6.07) is 2.52. The molecule has 1 nitrogen and oxygen atoms in total. The molecule has 0 amide bonds. The number of hydrogen-bond donors (Lipinski definition) is 1. The highest BCUT2D eigenvalue weighted by Gasteiger charge is 2.16. The highest BCUT2D eigenvalue weighted by Crippen LogP contribution is 2.26. The summed E-state index contributed by atoms with van der Waals surface area (Å²) in [6.07, 6.45) is -2.51. The van der Waals surface area contributed by atoms with E-state index in [9.17, 15) is 13.2 Å². The van der Waals surface area contributed by atoms with Crippen LogP contribution < -0.4 is 0 Å². The van der Waals surface area contributed by atoms with Crippen LogP contribution in [0.4, 0.5) is 13.2 Å². The van der Waals surface area contributed by atoms with Crippen LogP contribution in [0.5, 0.6) is 0 Å². The first kappa shape index (κ1) is 11.0. The Balaban J connectivity index is 3.11. The molecule has 0 unspecified atom stereocenters. The van der Waals surface area contributed by atoms with E-state index in [2.05, 4.69) is 0 Å². The molecule has 0 atom stereocenters. The molecule has 0 aliphatic carbocycles. The summed E-state index contributed by atoms with van der Waals surface area (Å²) in [5, 5.41) is 8.61. The fraction of sp³-hybridized carbons (Fsp3) is 0.400. The zero-order valence-electron chi connectivity index (χ0n) is 7.73. The van der Waals surface area contributed by atoms with Crippen molar-refractivity contribution >= 4 is 0 Å². The summed E-state index contributed by atoms with van der Waals surface area (Å²) >= 11 is 0. The van der Waals surface area contributed by atoms with Crippen molar-refractivity contribution < 1.29 is 18.3 Å². The maximum atomic E-state index is 13.1. The fourth-order valence-electron chi connectivity index (χ4n) is 1.38. The monoisotopic (exact) mass is 204 g/mol. The van der Waals surface area contributed by atoms with Crippen LogP contribution >= 0.6 is 0 Å². The topological polar surface area (TPSA) is 20.2 Å². The average Bonchev–Trinajstić information content (AvgIpc) is 2.01. The van der Waals surface area contributed by atoms with E-state index in [-0.39, 0.29) is 18.6 Å². The number of benzene rings is 1. The summed E-state index contributed by atoms with van der Waals surface area (Å²) in [7, 11) is 0. The van der Waals surface area contributed by atoms with Gasteiger partial charge in [-0.2, -0.15) is 0 Å². The van der Waals surface area contributed by atoms with E-state index >= 15 is 0 Å². The van der Waals surface area contributed by atoms with Gasteiger partial charge in [-0.05, 0) is 30.5 Å². The van der Waals surface area contributed by atoms with Crippen molar-refractivity contribution in [2.45, 2.75) is 19.8 Å². The molecule has 0 aliphatic rings. The zero-order valence-corrected chi connectivity index (χ0v) is 7.73. The van der Waals surface area contributed by atoms with E-state index in [1.165, 1.54) is 13.0 Å². The van der Waals surface area contributed by atoms with Gasteiger partial charge in [0.2, 0.25) is 0 Å². The Labute approximate surface area is 80.2 Å². The third-order valence-electron chi connectivity index (χ3n) is 2.01. The third-order valence-corrected chi connectivity index (χ3v) is 2.01. The van der Waals surface area contributed by atoms with Crippen LogP contribution in [0.15, 0.2) is 12.1 Å². The average molecular weight is 204 g/mol. The molecular formula is C10H11F3O. The van der Waals surface area contributed by atoms with Crippen molar-refractivity contribution in [3.63, 3.8) is 0 Å². The normalized spacial score (nSPS) is 11.0. The predicted octanol–water partition coefficient (Wildman–Crippen LogP) is 2.61. The number of alkyl halides is 2. The minimum absolute atomic E-state index is 0.118. The Kier molecular flexibility index (Phi) is 3.52. The van der Waals surface area contributed by atoms with Crippen LogP contribution in [0.2, 0.25) is 0 Å². The molecule has 0 bridgehead atoms. The second-order valence-electron chi connectivity index (χ2n) is 3.08. The Hall–Kier alpha value is -1.03. The number of aryl methyl sites for hydroxylation is 1. The Bertz CT molecular complexity index is 300. The number of hydrogen-bond acceptors (Lipinski definition) is 1. The number of rotatable bonds is 3. The molecule has 0 saturated carbocycles. The van der Waals surface area contributed by atoms with Gasteiger partial charge in [-0.3, -0.25) is 0 Å². The van der Waals surface area contributed by atoms with Crippen molar-refractivity contribution in [2.75, 3.05) is 6.61 Å². The lowest BCUT2D eigenvalue weighted by molar-refractivity contribution is 0.145. The van der Waals surface area contributed by atoms with Gasteiger partial charge in [-0.1, -0.05) is 6.07 Å². The van der Waals surface area contributed by atoms with E-state index in [0.29, 0.717) is 5.56 Å². The van der Waals surface area contributed by atoms with Crippen LogP contribution in [-0.4, -0.2) is 11.7 Å². The van der Waals surface area contributed by atoms with Gasteiger partial charge in [0, 0.05) is 6.61 Å². The van der Waals surface area contributed by atoms with Crippen molar-refractivity contribution in [3.8, 4) is 0 Å². The number of aliphatic hydroxyl groups is 1. The summed E-state index contributed by atoms with van der Waals surface area (Å²) in [5.41, 5.74) is 0.210. The Morgan fingerprint density at radius 2 is 2.00 bits per heavy atom. The molecule has 1 N–H and O–H groups in total. The lowest BCUT2D eigenvalue weighted by atomic mass is 10.0. The van der Waals surface area contributed by atoms with Crippen molar-refractivity contribution in [1.29, 1.82) is 0 Å².